The highest BCUT2D eigenvalue weighted by Gasteiger charge is 2.27. The van der Waals surface area contributed by atoms with Gasteiger partial charge >= 0.3 is 0 Å². The summed E-state index contributed by atoms with van der Waals surface area (Å²) in [4.78, 5) is 38.0. The Kier molecular flexibility index (Phi) is 4.97. The van der Waals surface area contributed by atoms with E-state index in [9.17, 15) is 19.7 Å². The fraction of sp³-hybridized carbons (Fsp3) is 0.353. The van der Waals surface area contributed by atoms with Gasteiger partial charge in [0.25, 0.3) is 5.69 Å². The van der Waals surface area contributed by atoms with Crippen molar-refractivity contribution in [3.63, 3.8) is 0 Å². The molecule has 0 bridgehead atoms. The van der Waals surface area contributed by atoms with Crippen LogP contribution in [0.25, 0.3) is 0 Å². The first-order valence-corrected chi connectivity index (χ1v) is 8.19. The number of aromatic nitrogens is 1. The number of anilines is 1. The SMILES string of the molecule is Cc1cc(N(CN2CCCC2=O)C(=O)Cc2ccc([N+](=O)[O-])cc2)no1. The molecule has 1 fully saturated rings. The van der Waals surface area contributed by atoms with Crippen molar-refractivity contribution in [1.82, 2.24) is 10.1 Å². The van der Waals surface area contributed by atoms with Crippen LogP contribution >= 0.6 is 0 Å². The van der Waals surface area contributed by atoms with Gasteiger partial charge in [0.2, 0.25) is 11.8 Å². The Bertz CT molecular complexity index is 830. The molecule has 0 atom stereocenters. The number of carbonyl (C=O) groups excluding carboxylic acids is 2. The van der Waals surface area contributed by atoms with E-state index in [1.54, 1.807) is 30.0 Å². The molecule has 9 heteroatoms. The minimum atomic E-state index is -0.491. The van der Waals surface area contributed by atoms with Crippen LogP contribution in [0, 0.1) is 17.0 Å². The molecule has 2 aromatic rings. The molecule has 2 amide bonds. The lowest BCUT2D eigenvalue weighted by Gasteiger charge is -2.25. The largest absolute Gasteiger partial charge is 0.360 e. The molecule has 0 aliphatic carbocycles. The summed E-state index contributed by atoms with van der Waals surface area (Å²) in [5.74, 6) is 0.625. The second kappa shape index (κ2) is 7.34. The maximum absolute atomic E-state index is 12.8. The Morgan fingerprint density at radius 2 is 2.12 bits per heavy atom. The molecule has 0 spiro atoms. The molecule has 1 aliphatic heterocycles. The Labute approximate surface area is 149 Å². The lowest BCUT2D eigenvalue weighted by Crippen LogP contribution is -2.43. The molecule has 0 saturated carbocycles. The predicted octanol–water partition coefficient (Wildman–Crippen LogP) is 2.05. The van der Waals surface area contributed by atoms with Crippen molar-refractivity contribution in [2.75, 3.05) is 18.1 Å². The highest BCUT2D eigenvalue weighted by Crippen LogP contribution is 2.20. The third-order valence-electron chi connectivity index (χ3n) is 4.18. The van der Waals surface area contributed by atoms with Gasteiger partial charge in [-0.3, -0.25) is 24.6 Å². The van der Waals surface area contributed by atoms with Gasteiger partial charge in [0.1, 0.15) is 12.4 Å². The molecular formula is C17H18N4O5. The number of non-ortho nitro benzene ring substituents is 1. The Hall–Kier alpha value is -3.23. The van der Waals surface area contributed by atoms with Gasteiger partial charge in [-0.05, 0) is 18.9 Å². The molecule has 1 aromatic carbocycles. The van der Waals surface area contributed by atoms with Crippen LogP contribution in [0.4, 0.5) is 11.5 Å². The molecule has 3 rings (SSSR count). The van der Waals surface area contributed by atoms with Gasteiger partial charge in [-0.15, -0.1) is 0 Å². The predicted molar refractivity (Wildman–Crippen MR) is 91.3 cm³/mol. The number of amides is 2. The second-order valence-corrected chi connectivity index (χ2v) is 6.12. The molecular weight excluding hydrogens is 340 g/mol. The Morgan fingerprint density at radius 1 is 1.38 bits per heavy atom. The minimum absolute atomic E-state index is 0.00153. The molecule has 9 nitrogen and oxygen atoms in total. The number of hydrogen-bond donors (Lipinski definition) is 0. The zero-order valence-corrected chi connectivity index (χ0v) is 14.3. The van der Waals surface area contributed by atoms with Crippen LogP contribution < -0.4 is 4.90 Å². The van der Waals surface area contributed by atoms with E-state index in [-0.39, 0.29) is 30.6 Å². The van der Waals surface area contributed by atoms with Crippen LogP contribution in [0.1, 0.15) is 24.2 Å². The number of carbonyl (C=O) groups is 2. The molecule has 1 aliphatic rings. The quantitative estimate of drug-likeness (QED) is 0.577. The molecule has 26 heavy (non-hydrogen) atoms. The summed E-state index contributed by atoms with van der Waals surface area (Å²) < 4.78 is 5.06. The first kappa shape index (κ1) is 17.6. The van der Waals surface area contributed by atoms with Crippen LogP contribution in [-0.2, 0) is 16.0 Å². The van der Waals surface area contributed by atoms with Gasteiger partial charge in [0.05, 0.1) is 11.3 Å². The van der Waals surface area contributed by atoms with E-state index < -0.39 is 4.92 Å². The molecule has 1 saturated heterocycles. The molecule has 0 unspecified atom stereocenters. The molecule has 2 heterocycles. The minimum Gasteiger partial charge on any atom is -0.360 e. The highest BCUT2D eigenvalue weighted by atomic mass is 16.6. The van der Waals surface area contributed by atoms with E-state index >= 15 is 0 Å². The molecule has 0 N–H and O–H groups in total. The smallest absolute Gasteiger partial charge is 0.269 e. The van der Waals surface area contributed by atoms with E-state index in [1.165, 1.54) is 17.0 Å². The van der Waals surface area contributed by atoms with E-state index in [0.717, 1.165) is 6.42 Å². The lowest BCUT2D eigenvalue weighted by molar-refractivity contribution is -0.384. The van der Waals surface area contributed by atoms with E-state index in [2.05, 4.69) is 5.16 Å². The summed E-state index contributed by atoms with van der Waals surface area (Å²) in [6.07, 6.45) is 1.27. The average molecular weight is 358 g/mol. The number of nitro benzene ring substituents is 1. The summed E-state index contributed by atoms with van der Waals surface area (Å²) in [5.41, 5.74) is 0.603. The zero-order chi connectivity index (χ0) is 18.7. The van der Waals surface area contributed by atoms with Crippen LogP contribution in [0.15, 0.2) is 34.9 Å². The third-order valence-corrected chi connectivity index (χ3v) is 4.18. The fourth-order valence-electron chi connectivity index (χ4n) is 2.79. The van der Waals surface area contributed by atoms with Crippen molar-refractivity contribution in [3.8, 4) is 0 Å². The first-order valence-electron chi connectivity index (χ1n) is 8.19. The zero-order valence-electron chi connectivity index (χ0n) is 14.3. The maximum atomic E-state index is 12.8. The number of nitro groups is 1. The average Bonchev–Trinajstić information content (AvgIpc) is 3.21. The number of rotatable bonds is 6. The first-order chi connectivity index (χ1) is 12.4. The molecule has 1 aromatic heterocycles. The number of aryl methyl sites for hydroxylation is 1. The summed E-state index contributed by atoms with van der Waals surface area (Å²) in [5, 5.41) is 14.6. The Morgan fingerprint density at radius 3 is 2.65 bits per heavy atom. The number of hydrogen-bond acceptors (Lipinski definition) is 6. The van der Waals surface area contributed by atoms with E-state index in [4.69, 9.17) is 4.52 Å². The number of likely N-dealkylation sites (tertiary alicyclic amines) is 1. The Balaban J connectivity index is 1.77. The van der Waals surface area contributed by atoms with Crippen molar-refractivity contribution in [1.29, 1.82) is 0 Å². The van der Waals surface area contributed by atoms with Crippen LogP contribution in [0.2, 0.25) is 0 Å². The van der Waals surface area contributed by atoms with Crippen molar-refractivity contribution in [2.24, 2.45) is 0 Å². The lowest BCUT2D eigenvalue weighted by atomic mass is 10.1. The highest BCUT2D eigenvalue weighted by molar-refractivity contribution is 5.94. The van der Waals surface area contributed by atoms with Crippen LogP contribution in [0.3, 0.4) is 0 Å². The summed E-state index contributed by atoms with van der Waals surface area (Å²) in [6, 6.07) is 7.44. The molecule has 136 valence electrons. The summed E-state index contributed by atoms with van der Waals surface area (Å²) >= 11 is 0. The van der Waals surface area contributed by atoms with Gasteiger partial charge in [-0.25, -0.2) is 0 Å². The topological polar surface area (TPSA) is 110 Å². The summed E-state index contributed by atoms with van der Waals surface area (Å²) in [6.45, 7) is 2.42. The fourth-order valence-corrected chi connectivity index (χ4v) is 2.79. The van der Waals surface area contributed by atoms with E-state index in [1.807, 2.05) is 0 Å². The second-order valence-electron chi connectivity index (χ2n) is 6.12. The molecule has 0 radical (unpaired) electrons. The van der Waals surface area contributed by atoms with Gasteiger partial charge in [0.15, 0.2) is 5.82 Å². The monoisotopic (exact) mass is 358 g/mol. The van der Waals surface area contributed by atoms with Gasteiger partial charge in [-0.2, -0.15) is 0 Å². The summed E-state index contributed by atoms with van der Waals surface area (Å²) in [7, 11) is 0. The van der Waals surface area contributed by atoms with Crippen LogP contribution in [-0.4, -0.2) is 40.0 Å². The maximum Gasteiger partial charge on any atom is 0.269 e. The van der Waals surface area contributed by atoms with Gasteiger partial charge in [0, 0.05) is 31.2 Å². The standard InChI is InChI=1S/C17H18N4O5/c1-12-9-15(18-26-12)20(11-19-8-2-3-16(19)22)17(23)10-13-4-6-14(7-5-13)21(24)25/h4-7,9H,2-3,8,10-11H2,1H3. The van der Waals surface area contributed by atoms with Crippen molar-refractivity contribution >= 4 is 23.3 Å². The van der Waals surface area contributed by atoms with Gasteiger partial charge in [-0.1, -0.05) is 17.3 Å². The van der Waals surface area contributed by atoms with Crippen molar-refractivity contribution in [2.45, 2.75) is 26.2 Å². The number of nitrogens with zero attached hydrogens (tertiary/aromatic N) is 4. The normalized spacial score (nSPS) is 13.9. The van der Waals surface area contributed by atoms with Crippen LogP contribution in [0.5, 0.6) is 0 Å². The van der Waals surface area contributed by atoms with Crippen molar-refractivity contribution < 1.29 is 19.0 Å². The third kappa shape index (κ3) is 3.88. The van der Waals surface area contributed by atoms with E-state index in [0.29, 0.717) is 30.1 Å². The van der Waals surface area contributed by atoms with Crippen molar-refractivity contribution in [3.05, 3.63) is 51.8 Å². The van der Waals surface area contributed by atoms with Gasteiger partial charge < -0.3 is 9.42 Å². The number of benzene rings is 1.